The molecule has 0 bridgehead atoms. The third-order valence-corrected chi connectivity index (χ3v) is 4.13. The number of rotatable bonds is 4. The van der Waals surface area contributed by atoms with Gasteiger partial charge in [0.1, 0.15) is 0 Å². The summed E-state index contributed by atoms with van der Waals surface area (Å²) in [6, 6.07) is 0.983. The number of hydrogen-bond donors (Lipinski definition) is 2. The fourth-order valence-corrected chi connectivity index (χ4v) is 2.96. The van der Waals surface area contributed by atoms with Crippen LogP contribution in [0.15, 0.2) is 0 Å². The van der Waals surface area contributed by atoms with E-state index in [1.807, 2.05) is 0 Å². The molecule has 1 saturated heterocycles. The van der Waals surface area contributed by atoms with Crippen LogP contribution in [0.3, 0.4) is 0 Å². The van der Waals surface area contributed by atoms with Crippen molar-refractivity contribution in [3.63, 3.8) is 0 Å². The van der Waals surface area contributed by atoms with Gasteiger partial charge in [-0.25, -0.2) is 0 Å². The Labute approximate surface area is 98.4 Å². The Hall–Kier alpha value is -0.570. The van der Waals surface area contributed by atoms with Crippen LogP contribution in [0.5, 0.6) is 0 Å². The lowest BCUT2D eigenvalue weighted by Crippen LogP contribution is -2.42. The van der Waals surface area contributed by atoms with Crippen LogP contribution in [0, 0.1) is 5.92 Å². The van der Waals surface area contributed by atoms with Crippen molar-refractivity contribution in [2.45, 2.75) is 64.0 Å². The zero-order valence-electron chi connectivity index (χ0n) is 10.3. The maximum Gasteiger partial charge on any atom is 0.220 e. The van der Waals surface area contributed by atoms with Crippen molar-refractivity contribution in [2.24, 2.45) is 5.92 Å². The molecule has 92 valence electrons. The van der Waals surface area contributed by atoms with Crippen LogP contribution in [0.1, 0.15) is 51.9 Å². The summed E-state index contributed by atoms with van der Waals surface area (Å²) in [6.45, 7) is 3.25. The van der Waals surface area contributed by atoms with Gasteiger partial charge in [-0.2, -0.15) is 0 Å². The summed E-state index contributed by atoms with van der Waals surface area (Å²) in [5, 5.41) is 6.61. The highest BCUT2D eigenvalue weighted by atomic mass is 16.1. The molecule has 3 heteroatoms. The van der Waals surface area contributed by atoms with E-state index in [2.05, 4.69) is 17.6 Å². The molecule has 1 aliphatic carbocycles. The molecular formula is C13H24N2O. The number of hydrogen-bond acceptors (Lipinski definition) is 2. The summed E-state index contributed by atoms with van der Waals surface area (Å²) < 4.78 is 0. The Morgan fingerprint density at radius 2 is 2.06 bits per heavy atom. The second-order valence-corrected chi connectivity index (χ2v) is 5.40. The van der Waals surface area contributed by atoms with Gasteiger partial charge in [0, 0.05) is 25.0 Å². The first-order valence-corrected chi connectivity index (χ1v) is 6.78. The lowest BCUT2D eigenvalue weighted by atomic mass is 9.84. The molecule has 0 aromatic carbocycles. The first-order chi connectivity index (χ1) is 7.75. The molecule has 0 aromatic heterocycles. The molecule has 1 saturated carbocycles. The minimum atomic E-state index is 0.220. The molecule has 0 aromatic rings. The van der Waals surface area contributed by atoms with E-state index < -0.39 is 0 Å². The number of amides is 1. The van der Waals surface area contributed by atoms with Gasteiger partial charge in [-0.15, -0.1) is 0 Å². The predicted octanol–water partition coefficient (Wildman–Crippen LogP) is 1.82. The summed E-state index contributed by atoms with van der Waals surface area (Å²) in [5.74, 6) is 1.07. The minimum Gasteiger partial charge on any atom is -0.352 e. The molecule has 1 aliphatic heterocycles. The van der Waals surface area contributed by atoms with Crippen molar-refractivity contribution in [1.82, 2.24) is 10.6 Å². The van der Waals surface area contributed by atoms with E-state index in [1.54, 1.807) is 0 Å². The summed E-state index contributed by atoms with van der Waals surface area (Å²) in [5.41, 5.74) is 0. The number of nitrogens with one attached hydrogen (secondary N) is 2. The lowest BCUT2D eigenvalue weighted by Gasteiger charge is -2.29. The largest absolute Gasteiger partial charge is 0.352 e. The van der Waals surface area contributed by atoms with E-state index >= 15 is 0 Å². The van der Waals surface area contributed by atoms with Gasteiger partial charge in [-0.05, 0) is 32.1 Å². The first kappa shape index (κ1) is 11.9. The highest BCUT2D eigenvalue weighted by Crippen LogP contribution is 2.26. The summed E-state index contributed by atoms with van der Waals surface area (Å²) in [7, 11) is 0. The normalized spacial score (nSPS) is 29.1. The minimum absolute atomic E-state index is 0.220. The highest BCUT2D eigenvalue weighted by Gasteiger charge is 2.23. The van der Waals surface area contributed by atoms with Crippen molar-refractivity contribution < 1.29 is 4.79 Å². The van der Waals surface area contributed by atoms with E-state index in [9.17, 15) is 4.79 Å². The Morgan fingerprint density at radius 3 is 2.69 bits per heavy atom. The van der Waals surface area contributed by atoms with Gasteiger partial charge in [-0.1, -0.05) is 19.3 Å². The van der Waals surface area contributed by atoms with Gasteiger partial charge >= 0.3 is 0 Å². The zero-order valence-corrected chi connectivity index (χ0v) is 10.3. The average Bonchev–Trinajstić information content (AvgIpc) is 2.73. The van der Waals surface area contributed by atoms with Crippen molar-refractivity contribution in [2.75, 3.05) is 6.54 Å². The predicted molar refractivity (Wildman–Crippen MR) is 65.2 cm³/mol. The Kier molecular flexibility index (Phi) is 4.22. The Balaban J connectivity index is 1.66. The fraction of sp³-hybridized carbons (Fsp3) is 0.923. The second-order valence-electron chi connectivity index (χ2n) is 5.40. The van der Waals surface area contributed by atoms with Crippen LogP contribution in [0.25, 0.3) is 0 Å². The van der Waals surface area contributed by atoms with Gasteiger partial charge in [0.15, 0.2) is 0 Å². The summed E-state index contributed by atoms with van der Waals surface area (Å²) in [4.78, 5) is 11.1. The van der Waals surface area contributed by atoms with E-state index in [0.717, 1.165) is 18.9 Å². The Bertz CT molecular complexity index is 236. The average molecular weight is 224 g/mol. The van der Waals surface area contributed by atoms with Crippen LogP contribution < -0.4 is 10.6 Å². The van der Waals surface area contributed by atoms with Crippen LogP contribution in [-0.2, 0) is 4.79 Å². The molecule has 0 spiro atoms. The van der Waals surface area contributed by atoms with Crippen molar-refractivity contribution >= 4 is 5.91 Å². The van der Waals surface area contributed by atoms with E-state index in [-0.39, 0.29) is 5.91 Å². The molecule has 2 fully saturated rings. The standard InChI is InChI=1S/C13H24N2O/c1-10(11-5-3-2-4-6-11)14-9-12-7-8-13(16)15-12/h10-12,14H,2-9H2,1H3,(H,15,16)/t10-,12?/m0/s1. The quantitative estimate of drug-likeness (QED) is 0.765. The maximum absolute atomic E-state index is 11.1. The molecule has 1 unspecified atom stereocenters. The topological polar surface area (TPSA) is 41.1 Å². The fourth-order valence-electron chi connectivity index (χ4n) is 2.96. The molecule has 0 radical (unpaired) electrons. The van der Waals surface area contributed by atoms with Crippen LogP contribution in [0.4, 0.5) is 0 Å². The second kappa shape index (κ2) is 5.67. The molecule has 2 aliphatic rings. The van der Waals surface area contributed by atoms with Crippen molar-refractivity contribution in [1.29, 1.82) is 0 Å². The maximum atomic E-state index is 11.1. The molecule has 2 rings (SSSR count). The summed E-state index contributed by atoms with van der Waals surface area (Å²) in [6.07, 6.45) is 8.69. The first-order valence-electron chi connectivity index (χ1n) is 6.78. The molecule has 2 atom stereocenters. The molecule has 1 heterocycles. The lowest BCUT2D eigenvalue weighted by molar-refractivity contribution is -0.119. The third kappa shape index (κ3) is 3.21. The smallest absolute Gasteiger partial charge is 0.220 e. The van der Waals surface area contributed by atoms with Crippen LogP contribution in [-0.4, -0.2) is 24.5 Å². The van der Waals surface area contributed by atoms with E-state index in [0.29, 0.717) is 18.5 Å². The third-order valence-electron chi connectivity index (χ3n) is 4.13. The van der Waals surface area contributed by atoms with Crippen LogP contribution >= 0.6 is 0 Å². The van der Waals surface area contributed by atoms with Gasteiger partial charge in [0.05, 0.1) is 0 Å². The summed E-state index contributed by atoms with van der Waals surface area (Å²) >= 11 is 0. The SMILES string of the molecule is C[C@H](NCC1CCC(=O)N1)C1CCCCC1. The molecule has 2 N–H and O–H groups in total. The van der Waals surface area contributed by atoms with Gasteiger partial charge in [0.25, 0.3) is 0 Å². The number of carbonyl (C=O) groups excluding carboxylic acids is 1. The van der Waals surface area contributed by atoms with Crippen molar-refractivity contribution in [3.8, 4) is 0 Å². The molecular weight excluding hydrogens is 200 g/mol. The zero-order chi connectivity index (χ0) is 11.4. The van der Waals surface area contributed by atoms with E-state index in [4.69, 9.17) is 0 Å². The molecule has 3 nitrogen and oxygen atoms in total. The highest BCUT2D eigenvalue weighted by molar-refractivity contribution is 5.78. The van der Waals surface area contributed by atoms with Gasteiger partial charge < -0.3 is 10.6 Å². The molecule has 16 heavy (non-hydrogen) atoms. The van der Waals surface area contributed by atoms with Crippen molar-refractivity contribution in [3.05, 3.63) is 0 Å². The number of carbonyl (C=O) groups is 1. The van der Waals surface area contributed by atoms with Gasteiger partial charge in [-0.3, -0.25) is 4.79 Å². The van der Waals surface area contributed by atoms with Crippen LogP contribution in [0.2, 0.25) is 0 Å². The molecule has 1 amide bonds. The van der Waals surface area contributed by atoms with E-state index in [1.165, 1.54) is 32.1 Å². The van der Waals surface area contributed by atoms with Gasteiger partial charge in [0.2, 0.25) is 5.91 Å². The monoisotopic (exact) mass is 224 g/mol. The Morgan fingerprint density at radius 1 is 1.31 bits per heavy atom.